The fraction of sp³-hybridized carbons (Fsp3) is 0.571. The average Bonchev–Trinajstić information content (AvgIpc) is 2.35. The van der Waals surface area contributed by atoms with Gasteiger partial charge in [-0.1, -0.05) is 25.5 Å². The number of hydrogen-bond acceptors (Lipinski definition) is 3. The topological polar surface area (TPSA) is 41.5 Å². The van der Waals surface area contributed by atoms with Crippen LogP contribution in [0.4, 0.5) is 4.39 Å². The first-order chi connectivity index (χ1) is 8.72. The number of rotatable bonds is 9. The van der Waals surface area contributed by atoms with Gasteiger partial charge in [0, 0.05) is 19.7 Å². The molecule has 102 valence electrons. The lowest BCUT2D eigenvalue weighted by Crippen LogP contribution is -2.30. The van der Waals surface area contributed by atoms with Gasteiger partial charge in [-0.05, 0) is 24.1 Å². The Morgan fingerprint density at radius 3 is 3.00 bits per heavy atom. The predicted octanol–water partition coefficient (Wildman–Crippen LogP) is 2.09. The Balaban J connectivity index is 2.09. The molecule has 2 N–H and O–H groups in total. The molecule has 1 atom stereocenters. The third kappa shape index (κ3) is 6.69. The smallest absolute Gasteiger partial charge is 0.123 e. The van der Waals surface area contributed by atoms with Crippen LogP contribution in [0, 0.1) is 5.82 Å². The maximum atomic E-state index is 12.9. The minimum Gasteiger partial charge on any atom is -0.389 e. The molecule has 0 heterocycles. The fourth-order valence-electron chi connectivity index (χ4n) is 1.55. The molecule has 0 aliphatic heterocycles. The first-order valence-electron chi connectivity index (χ1n) is 6.43. The molecule has 0 fully saturated rings. The second kappa shape index (κ2) is 9.03. The van der Waals surface area contributed by atoms with Gasteiger partial charge in [0.05, 0.1) is 12.7 Å². The van der Waals surface area contributed by atoms with Crippen molar-refractivity contribution < 1.29 is 14.2 Å². The molecule has 0 saturated carbocycles. The van der Waals surface area contributed by atoms with Gasteiger partial charge in [0.25, 0.3) is 0 Å². The Morgan fingerprint density at radius 2 is 2.28 bits per heavy atom. The molecule has 0 spiro atoms. The van der Waals surface area contributed by atoms with E-state index in [0.29, 0.717) is 26.3 Å². The summed E-state index contributed by atoms with van der Waals surface area (Å²) in [7, 11) is 0. The van der Waals surface area contributed by atoms with Gasteiger partial charge in [0.1, 0.15) is 5.82 Å². The van der Waals surface area contributed by atoms with E-state index in [-0.39, 0.29) is 5.82 Å². The van der Waals surface area contributed by atoms with Gasteiger partial charge in [-0.2, -0.15) is 0 Å². The summed E-state index contributed by atoms with van der Waals surface area (Å²) in [5.74, 6) is -0.238. The highest BCUT2D eigenvalue weighted by atomic mass is 19.1. The monoisotopic (exact) mass is 255 g/mol. The Labute approximate surface area is 108 Å². The van der Waals surface area contributed by atoms with E-state index < -0.39 is 6.10 Å². The molecule has 0 saturated heterocycles. The zero-order valence-electron chi connectivity index (χ0n) is 10.9. The molecule has 1 rings (SSSR count). The van der Waals surface area contributed by atoms with Crippen molar-refractivity contribution in [1.82, 2.24) is 5.32 Å². The summed E-state index contributed by atoms with van der Waals surface area (Å²) in [4.78, 5) is 0. The maximum absolute atomic E-state index is 12.9. The van der Waals surface area contributed by atoms with E-state index in [4.69, 9.17) is 4.74 Å². The van der Waals surface area contributed by atoms with Crippen LogP contribution in [0.2, 0.25) is 0 Å². The molecule has 0 radical (unpaired) electrons. The Bertz CT molecular complexity index is 333. The van der Waals surface area contributed by atoms with Crippen LogP contribution < -0.4 is 5.32 Å². The summed E-state index contributed by atoms with van der Waals surface area (Å²) < 4.78 is 18.2. The third-order valence-electron chi connectivity index (χ3n) is 2.55. The summed E-state index contributed by atoms with van der Waals surface area (Å²) >= 11 is 0. The van der Waals surface area contributed by atoms with Crippen molar-refractivity contribution in [3.8, 4) is 0 Å². The van der Waals surface area contributed by atoms with Crippen LogP contribution in [-0.2, 0) is 11.3 Å². The van der Waals surface area contributed by atoms with Crippen molar-refractivity contribution >= 4 is 0 Å². The predicted molar refractivity (Wildman–Crippen MR) is 69.8 cm³/mol. The van der Waals surface area contributed by atoms with E-state index in [9.17, 15) is 9.50 Å². The average molecular weight is 255 g/mol. The SMILES string of the molecule is CCCCOCC(O)CNCc1cccc(F)c1. The number of ether oxygens (including phenoxy) is 1. The van der Waals surface area contributed by atoms with Crippen LogP contribution >= 0.6 is 0 Å². The number of benzene rings is 1. The number of aliphatic hydroxyl groups is 1. The number of unbranched alkanes of at least 4 members (excludes halogenated alkanes) is 1. The third-order valence-corrected chi connectivity index (χ3v) is 2.55. The van der Waals surface area contributed by atoms with Crippen molar-refractivity contribution in [2.45, 2.75) is 32.4 Å². The van der Waals surface area contributed by atoms with Crippen LogP contribution in [0.3, 0.4) is 0 Å². The lowest BCUT2D eigenvalue weighted by molar-refractivity contribution is 0.0358. The largest absolute Gasteiger partial charge is 0.389 e. The van der Waals surface area contributed by atoms with Crippen molar-refractivity contribution in [2.75, 3.05) is 19.8 Å². The van der Waals surface area contributed by atoms with E-state index in [1.54, 1.807) is 6.07 Å². The van der Waals surface area contributed by atoms with Gasteiger partial charge in [-0.15, -0.1) is 0 Å². The minimum atomic E-state index is -0.518. The van der Waals surface area contributed by atoms with Crippen LogP contribution in [0.1, 0.15) is 25.3 Å². The standard InChI is InChI=1S/C14H22FNO2/c1-2-3-7-18-11-14(17)10-16-9-12-5-4-6-13(15)8-12/h4-6,8,14,16-17H,2-3,7,9-11H2,1H3. The minimum absolute atomic E-state index is 0.238. The molecule has 0 aliphatic rings. The lowest BCUT2D eigenvalue weighted by atomic mass is 10.2. The molecular formula is C14H22FNO2. The van der Waals surface area contributed by atoms with Crippen molar-refractivity contribution in [3.05, 3.63) is 35.6 Å². The normalized spacial score (nSPS) is 12.6. The van der Waals surface area contributed by atoms with Crippen molar-refractivity contribution in [3.63, 3.8) is 0 Å². The molecular weight excluding hydrogens is 233 g/mol. The molecule has 1 unspecified atom stereocenters. The highest BCUT2D eigenvalue weighted by Crippen LogP contribution is 2.02. The number of hydrogen-bond donors (Lipinski definition) is 2. The van der Waals surface area contributed by atoms with E-state index in [1.165, 1.54) is 12.1 Å². The van der Waals surface area contributed by atoms with Gasteiger partial charge in [-0.25, -0.2) is 4.39 Å². The zero-order valence-corrected chi connectivity index (χ0v) is 10.9. The first-order valence-corrected chi connectivity index (χ1v) is 6.43. The van der Waals surface area contributed by atoms with Crippen molar-refractivity contribution in [2.24, 2.45) is 0 Å². The Morgan fingerprint density at radius 1 is 1.44 bits per heavy atom. The van der Waals surface area contributed by atoms with Gasteiger partial charge >= 0.3 is 0 Å². The van der Waals surface area contributed by atoms with E-state index in [0.717, 1.165) is 18.4 Å². The quantitative estimate of drug-likeness (QED) is 0.664. The first kappa shape index (κ1) is 15.1. The zero-order chi connectivity index (χ0) is 13.2. The molecule has 0 aliphatic carbocycles. The van der Waals surface area contributed by atoms with E-state index in [2.05, 4.69) is 12.2 Å². The molecule has 0 bridgehead atoms. The van der Waals surface area contributed by atoms with E-state index >= 15 is 0 Å². The Hall–Kier alpha value is -0.970. The molecule has 1 aromatic rings. The second-order valence-electron chi connectivity index (χ2n) is 4.34. The van der Waals surface area contributed by atoms with E-state index in [1.807, 2.05) is 6.07 Å². The van der Waals surface area contributed by atoms with Crippen molar-refractivity contribution in [1.29, 1.82) is 0 Å². The number of nitrogens with one attached hydrogen (secondary N) is 1. The highest BCUT2D eigenvalue weighted by molar-refractivity contribution is 5.15. The van der Waals surface area contributed by atoms with Crippen LogP contribution in [0.15, 0.2) is 24.3 Å². The fourth-order valence-corrected chi connectivity index (χ4v) is 1.55. The maximum Gasteiger partial charge on any atom is 0.123 e. The van der Waals surface area contributed by atoms with Crippen LogP contribution in [0.25, 0.3) is 0 Å². The second-order valence-corrected chi connectivity index (χ2v) is 4.34. The highest BCUT2D eigenvalue weighted by Gasteiger charge is 2.03. The summed E-state index contributed by atoms with van der Waals surface area (Å²) in [6.45, 7) is 4.13. The summed E-state index contributed by atoms with van der Waals surface area (Å²) in [6.07, 6.45) is 1.59. The van der Waals surface area contributed by atoms with Gasteiger partial charge < -0.3 is 15.2 Å². The van der Waals surface area contributed by atoms with Gasteiger partial charge in [-0.3, -0.25) is 0 Å². The molecule has 3 nitrogen and oxygen atoms in total. The lowest BCUT2D eigenvalue weighted by Gasteiger charge is -2.12. The number of halogens is 1. The summed E-state index contributed by atoms with van der Waals surface area (Å²) in [5, 5.41) is 12.7. The summed E-state index contributed by atoms with van der Waals surface area (Å²) in [5.41, 5.74) is 0.870. The van der Waals surface area contributed by atoms with Crippen LogP contribution in [0.5, 0.6) is 0 Å². The summed E-state index contributed by atoms with van der Waals surface area (Å²) in [6, 6.07) is 6.42. The Kier molecular flexibility index (Phi) is 7.57. The molecule has 4 heteroatoms. The van der Waals surface area contributed by atoms with Gasteiger partial charge in [0.15, 0.2) is 0 Å². The molecule has 18 heavy (non-hydrogen) atoms. The molecule has 0 aromatic heterocycles. The van der Waals surface area contributed by atoms with Gasteiger partial charge in [0.2, 0.25) is 0 Å². The molecule has 0 amide bonds. The molecule has 1 aromatic carbocycles. The number of aliphatic hydroxyl groups excluding tert-OH is 1. The van der Waals surface area contributed by atoms with Crippen LogP contribution in [-0.4, -0.2) is 31.0 Å².